The molecule has 1 aromatic carbocycles. The normalized spacial score (nSPS) is 10.8. The summed E-state index contributed by atoms with van der Waals surface area (Å²) in [6.45, 7) is 11.5. The molecule has 0 bridgehead atoms. The van der Waals surface area contributed by atoms with Gasteiger partial charge in [0.1, 0.15) is 5.60 Å². The van der Waals surface area contributed by atoms with Crippen LogP contribution in [0.1, 0.15) is 47.2 Å². The van der Waals surface area contributed by atoms with Gasteiger partial charge in [-0.3, -0.25) is 4.79 Å². The molecule has 0 N–H and O–H groups in total. The number of carbonyl (C=O) groups excluding carboxylic acids is 2. The van der Waals surface area contributed by atoms with Crippen molar-refractivity contribution in [2.24, 2.45) is 0 Å². The molecular formula is C19H27NO4. The van der Waals surface area contributed by atoms with E-state index in [2.05, 4.69) is 0 Å². The summed E-state index contributed by atoms with van der Waals surface area (Å²) in [6, 6.07) is 9.27. The van der Waals surface area contributed by atoms with Crippen LogP contribution in [-0.4, -0.2) is 28.8 Å². The van der Waals surface area contributed by atoms with Crippen LogP contribution in [0.15, 0.2) is 30.3 Å². The van der Waals surface area contributed by atoms with Crippen LogP contribution >= 0.6 is 0 Å². The summed E-state index contributed by atoms with van der Waals surface area (Å²) in [7, 11) is 0. The number of benzene rings is 1. The highest BCUT2D eigenvalue weighted by Crippen LogP contribution is 2.22. The van der Waals surface area contributed by atoms with Gasteiger partial charge < -0.3 is 9.47 Å². The molecule has 24 heavy (non-hydrogen) atoms. The summed E-state index contributed by atoms with van der Waals surface area (Å²) in [5.41, 5.74) is 0.675. The summed E-state index contributed by atoms with van der Waals surface area (Å²) < 4.78 is 11.9. The number of rotatable bonds is 3. The molecular weight excluding hydrogens is 306 g/mol. The highest BCUT2D eigenvalue weighted by atomic mass is 16.6. The first kappa shape index (κ1) is 19.7. The molecule has 5 nitrogen and oxygen atoms in total. The predicted molar refractivity (Wildman–Crippen MR) is 95.3 cm³/mol. The number of hydrogen-bond donors (Lipinski definition) is 0. The molecule has 0 aliphatic rings. The van der Waals surface area contributed by atoms with Gasteiger partial charge in [0, 0.05) is 11.1 Å². The van der Waals surface area contributed by atoms with Crippen molar-refractivity contribution in [3.8, 4) is 0 Å². The molecule has 0 amide bonds. The third kappa shape index (κ3) is 5.11. The van der Waals surface area contributed by atoms with E-state index in [-0.39, 0.29) is 12.4 Å². The van der Waals surface area contributed by atoms with Gasteiger partial charge in [0.25, 0.3) is 0 Å². The molecule has 5 heteroatoms. The largest absolute Gasteiger partial charge is 0.466 e. The van der Waals surface area contributed by atoms with Crippen LogP contribution in [-0.2, 0) is 20.7 Å². The molecule has 0 saturated heterocycles. The van der Waals surface area contributed by atoms with Crippen LogP contribution in [0, 0.1) is 0 Å². The Morgan fingerprint density at radius 3 is 2.33 bits per heavy atom. The first-order valence-electron chi connectivity index (χ1n) is 8.30. The molecule has 0 fully saturated rings. The van der Waals surface area contributed by atoms with E-state index in [1.54, 1.807) is 6.92 Å². The molecule has 0 aliphatic carbocycles. The van der Waals surface area contributed by atoms with Crippen LogP contribution in [0.2, 0.25) is 0 Å². The Labute approximate surface area is 143 Å². The second-order valence-electron chi connectivity index (χ2n) is 5.99. The van der Waals surface area contributed by atoms with Gasteiger partial charge in [0.15, 0.2) is 0 Å². The topological polar surface area (TPSA) is 57.5 Å². The van der Waals surface area contributed by atoms with Crippen molar-refractivity contribution in [3.63, 3.8) is 0 Å². The van der Waals surface area contributed by atoms with Crippen molar-refractivity contribution < 1.29 is 19.1 Å². The summed E-state index contributed by atoms with van der Waals surface area (Å²) in [5.74, 6) is -0.366. The SMILES string of the molecule is CC.CCOC(=O)Cc1cc2ccccc2n1C(=O)OC(C)(C)C. The maximum Gasteiger partial charge on any atom is 0.419 e. The standard InChI is InChI=1S/C17H21NO4.C2H6/c1-5-21-15(19)11-13-10-12-8-6-7-9-14(12)18(13)16(20)22-17(2,3)4;1-2/h6-10H,5,11H2,1-4H3;1-2H3. The Balaban J connectivity index is 0.00000139. The average Bonchev–Trinajstić information content (AvgIpc) is 2.85. The summed E-state index contributed by atoms with van der Waals surface area (Å²) in [6.07, 6.45) is -0.463. The van der Waals surface area contributed by atoms with Crippen LogP contribution in [0.5, 0.6) is 0 Å². The Kier molecular flexibility index (Phi) is 7.01. The number of nitrogens with zero attached hydrogens (tertiary/aromatic N) is 1. The Bertz CT molecular complexity index is 695. The maximum absolute atomic E-state index is 12.5. The van der Waals surface area contributed by atoms with Gasteiger partial charge in [-0.15, -0.1) is 0 Å². The minimum atomic E-state index is -0.607. The van der Waals surface area contributed by atoms with E-state index in [1.165, 1.54) is 4.57 Å². The monoisotopic (exact) mass is 333 g/mol. The van der Waals surface area contributed by atoms with Crippen LogP contribution < -0.4 is 0 Å². The van der Waals surface area contributed by atoms with E-state index in [9.17, 15) is 9.59 Å². The molecule has 0 aliphatic heterocycles. The number of esters is 1. The third-order valence-electron chi connectivity index (χ3n) is 2.99. The van der Waals surface area contributed by atoms with E-state index >= 15 is 0 Å². The highest BCUT2D eigenvalue weighted by Gasteiger charge is 2.23. The molecule has 0 unspecified atom stereocenters. The van der Waals surface area contributed by atoms with E-state index in [0.29, 0.717) is 12.3 Å². The van der Waals surface area contributed by atoms with Gasteiger partial charge in [-0.2, -0.15) is 0 Å². The van der Waals surface area contributed by atoms with Crippen LogP contribution in [0.4, 0.5) is 4.79 Å². The summed E-state index contributed by atoms with van der Waals surface area (Å²) >= 11 is 0. The fraction of sp³-hybridized carbons (Fsp3) is 0.474. The Morgan fingerprint density at radius 2 is 1.75 bits per heavy atom. The number of aromatic nitrogens is 1. The van der Waals surface area contributed by atoms with Crippen molar-refractivity contribution >= 4 is 23.0 Å². The molecule has 0 spiro atoms. The molecule has 2 aromatic rings. The fourth-order valence-corrected chi connectivity index (χ4v) is 2.23. The second kappa shape index (κ2) is 8.52. The van der Waals surface area contributed by atoms with Crippen LogP contribution in [0.25, 0.3) is 10.9 Å². The van der Waals surface area contributed by atoms with Crippen molar-refractivity contribution in [3.05, 3.63) is 36.0 Å². The summed E-state index contributed by atoms with van der Waals surface area (Å²) in [4.78, 5) is 24.2. The quantitative estimate of drug-likeness (QED) is 0.773. The van der Waals surface area contributed by atoms with Crippen molar-refractivity contribution in [1.29, 1.82) is 0 Å². The zero-order valence-corrected chi connectivity index (χ0v) is 15.4. The Hall–Kier alpha value is -2.30. The lowest BCUT2D eigenvalue weighted by Crippen LogP contribution is -2.28. The predicted octanol–water partition coefficient (Wildman–Crippen LogP) is 4.56. The van der Waals surface area contributed by atoms with E-state index in [0.717, 1.165) is 10.9 Å². The zero-order chi connectivity index (χ0) is 18.3. The lowest BCUT2D eigenvalue weighted by atomic mass is 10.2. The smallest absolute Gasteiger partial charge is 0.419 e. The molecule has 0 atom stereocenters. The first-order valence-corrected chi connectivity index (χ1v) is 8.30. The highest BCUT2D eigenvalue weighted by molar-refractivity contribution is 5.92. The number of fused-ring (bicyclic) bond motifs is 1. The summed E-state index contributed by atoms with van der Waals surface area (Å²) in [5, 5.41) is 0.882. The molecule has 0 radical (unpaired) electrons. The van der Waals surface area contributed by atoms with E-state index in [4.69, 9.17) is 9.47 Å². The van der Waals surface area contributed by atoms with Gasteiger partial charge in [0.2, 0.25) is 0 Å². The van der Waals surface area contributed by atoms with Crippen molar-refractivity contribution in [2.75, 3.05) is 6.61 Å². The second-order valence-corrected chi connectivity index (χ2v) is 5.99. The fourth-order valence-electron chi connectivity index (χ4n) is 2.23. The zero-order valence-electron chi connectivity index (χ0n) is 15.4. The van der Waals surface area contributed by atoms with Gasteiger partial charge in [0.05, 0.1) is 18.5 Å². The lowest BCUT2D eigenvalue weighted by Gasteiger charge is -2.20. The average molecular weight is 333 g/mol. The van der Waals surface area contributed by atoms with E-state index < -0.39 is 11.7 Å². The molecule has 2 rings (SSSR count). The molecule has 132 valence electrons. The van der Waals surface area contributed by atoms with Gasteiger partial charge in [-0.1, -0.05) is 32.0 Å². The van der Waals surface area contributed by atoms with Crippen molar-refractivity contribution in [2.45, 2.75) is 53.6 Å². The molecule has 1 aromatic heterocycles. The van der Waals surface area contributed by atoms with E-state index in [1.807, 2.05) is 65.0 Å². The number of hydrogen-bond acceptors (Lipinski definition) is 4. The van der Waals surface area contributed by atoms with Gasteiger partial charge in [-0.05, 0) is 39.8 Å². The van der Waals surface area contributed by atoms with Gasteiger partial charge >= 0.3 is 12.1 Å². The lowest BCUT2D eigenvalue weighted by molar-refractivity contribution is -0.142. The minimum Gasteiger partial charge on any atom is -0.466 e. The first-order chi connectivity index (χ1) is 11.3. The molecule has 0 saturated carbocycles. The number of carbonyl (C=O) groups is 2. The van der Waals surface area contributed by atoms with Crippen molar-refractivity contribution in [1.82, 2.24) is 4.57 Å². The van der Waals surface area contributed by atoms with Gasteiger partial charge in [-0.25, -0.2) is 9.36 Å². The molecule has 1 heterocycles. The van der Waals surface area contributed by atoms with Crippen LogP contribution in [0.3, 0.4) is 0 Å². The third-order valence-corrected chi connectivity index (χ3v) is 2.99. The minimum absolute atomic E-state index is 0.0295. The Morgan fingerprint density at radius 1 is 1.12 bits per heavy atom. The number of ether oxygens (including phenoxy) is 2. The maximum atomic E-state index is 12.5. The number of para-hydroxylation sites is 1.